The molecule has 1 fully saturated rings. The summed E-state index contributed by atoms with van der Waals surface area (Å²) in [7, 11) is -1.54. The van der Waals surface area contributed by atoms with Gasteiger partial charge in [-0.2, -0.15) is 0 Å². The van der Waals surface area contributed by atoms with E-state index in [-0.39, 0.29) is 17.9 Å². The minimum Gasteiger partial charge on any atom is -0.481 e. The van der Waals surface area contributed by atoms with Gasteiger partial charge in [0.05, 0.1) is 17.9 Å². The number of hydrogen-bond donors (Lipinski definition) is 1. The zero-order valence-corrected chi connectivity index (χ0v) is 11.0. The fraction of sp³-hybridized carbons (Fsp3) is 0.909. The van der Waals surface area contributed by atoms with E-state index in [9.17, 15) is 13.2 Å². The van der Waals surface area contributed by atoms with Crippen LogP contribution in [0.4, 0.5) is 0 Å². The molecule has 1 N–H and O–H groups in total. The van der Waals surface area contributed by atoms with Crippen LogP contribution >= 0.6 is 0 Å². The standard InChI is InChI=1S/C11H20O5S/c1-16-6-2-3-7-17(14,15)9-11(4-5-11)8-10(12)13/h2-9H2,1H3,(H,12,13). The molecule has 0 saturated heterocycles. The average Bonchev–Trinajstić information content (AvgIpc) is 2.90. The first-order valence-electron chi connectivity index (χ1n) is 5.80. The summed E-state index contributed by atoms with van der Waals surface area (Å²) in [6, 6.07) is 0. The SMILES string of the molecule is COCCCCS(=O)(=O)CC1(CC(=O)O)CC1. The Morgan fingerprint density at radius 2 is 2.00 bits per heavy atom. The van der Waals surface area contributed by atoms with E-state index >= 15 is 0 Å². The first-order valence-corrected chi connectivity index (χ1v) is 7.62. The molecule has 0 bridgehead atoms. The lowest BCUT2D eigenvalue weighted by Gasteiger charge is -2.12. The molecule has 0 amide bonds. The van der Waals surface area contributed by atoms with Gasteiger partial charge in [-0.25, -0.2) is 8.42 Å². The van der Waals surface area contributed by atoms with Crippen LogP contribution < -0.4 is 0 Å². The predicted molar refractivity (Wildman–Crippen MR) is 63.7 cm³/mol. The summed E-state index contributed by atoms with van der Waals surface area (Å²) in [4.78, 5) is 10.6. The summed E-state index contributed by atoms with van der Waals surface area (Å²) in [5, 5.41) is 8.72. The number of carboxylic acids is 1. The summed E-state index contributed by atoms with van der Waals surface area (Å²) < 4.78 is 28.4. The molecule has 1 rings (SSSR count). The maximum absolute atomic E-state index is 11.8. The molecule has 0 radical (unpaired) electrons. The molecule has 0 atom stereocenters. The van der Waals surface area contributed by atoms with Gasteiger partial charge in [0.1, 0.15) is 0 Å². The van der Waals surface area contributed by atoms with Gasteiger partial charge in [-0.1, -0.05) is 0 Å². The molecule has 0 unspecified atom stereocenters. The Bertz CT molecular complexity index is 356. The summed E-state index contributed by atoms with van der Waals surface area (Å²) in [5.41, 5.74) is -0.466. The van der Waals surface area contributed by atoms with E-state index in [0.717, 1.165) is 19.3 Å². The highest BCUT2D eigenvalue weighted by Crippen LogP contribution is 2.49. The largest absolute Gasteiger partial charge is 0.481 e. The Kier molecular flexibility index (Phi) is 4.94. The van der Waals surface area contributed by atoms with E-state index in [1.54, 1.807) is 7.11 Å². The highest BCUT2D eigenvalue weighted by atomic mass is 32.2. The molecule has 0 aromatic rings. The molecule has 0 aromatic carbocycles. The van der Waals surface area contributed by atoms with Crippen molar-refractivity contribution in [2.45, 2.75) is 32.1 Å². The third-order valence-electron chi connectivity index (χ3n) is 3.06. The molecule has 0 heterocycles. The van der Waals surface area contributed by atoms with E-state index in [0.29, 0.717) is 13.0 Å². The van der Waals surface area contributed by atoms with Gasteiger partial charge in [0.15, 0.2) is 9.84 Å². The predicted octanol–water partition coefficient (Wildman–Crippen LogP) is 1.08. The van der Waals surface area contributed by atoms with Gasteiger partial charge in [0, 0.05) is 13.7 Å². The molecular formula is C11H20O5S. The number of sulfone groups is 1. The number of aliphatic carboxylic acids is 1. The Balaban J connectivity index is 2.36. The summed E-state index contributed by atoms with van der Waals surface area (Å²) in [6.07, 6.45) is 2.72. The summed E-state index contributed by atoms with van der Waals surface area (Å²) >= 11 is 0. The van der Waals surface area contributed by atoms with Gasteiger partial charge >= 0.3 is 5.97 Å². The van der Waals surface area contributed by atoms with E-state index in [1.165, 1.54) is 0 Å². The number of carboxylic acid groups (broad SMARTS) is 1. The van der Waals surface area contributed by atoms with Crippen LogP contribution in [-0.2, 0) is 19.4 Å². The Labute approximate surface area is 102 Å². The van der Waals surface area contributed by atoms with Crippen molar-refractivity contribution in [2.75, 3.05) is 25.2 Å². The van der Waals surface area contributed by atoms with Crippen LogP contribution in [0.3, 0.4) is 0 Å². The molecule has 1 aliphatic carbocycles. The monoisotopic (exact) mass is 264 g/mol. The molecule has 5 nitrogen and oxygen atoms in total. The Morgan fingerprint density at radius 3 is 2.47 bits per heavy atom. The quantitative estimate of drug-likeness (QED) is 0.630. The first-order chi connectivity index (χ1) is 7.89. The second kappa shape index (κ2) is 5.82. The lowest BCUT2D eigenvalue weighted by Crippen LogP contribution is -2.22. The molecule has 1 aliphatic rings. The van der Waals surface area contributed by atoms with Gasteiger partial charge in [-0.15, -0.1) is 0 Å². The number of methoxy groups -OCH3 is 1. The van der Waals surface area contributed by atoms with Crippen LogP contribution in [0.1, 0.15) is 32.1 Å². The average molecular weight is 264 g/mol. The third-order valence-corrected chi connectivity index (χ3v) is 5.03. The first kappa shape index (κ1) is 14.4. The molecule has 0 spiro atoms. The van der Waals surface area contributed by atoms with Crippen molar-refractivity contribution in [3.05, 3.63) is 0 Å². The molecular weight excluding hydrogens is 244 g/mol. The summed E-state index contributed by atoms with van der Waals surface area (Å²) in [6.45, 7) is 0.565. The fourth-order valence-electron chi connectivity index (χ4n) is 1.98. The van der Waals surface area contributed by atoms with Crippen molar-refractivity contribution in [1.82, 2.24) is 0 Å². The number of carbonyl (C=O) groups is 1. The third kappa shape index (κ3) is 5.50. The zero-order chi connectivity index (χ0) is 12.9. The number of hydrogen-bond acceptors (Lipinski definition) is 4. The molecule has 1 saturated carbocycles. The van der Waals surface area contributed by atoms with Crippen molar-refractivity contribution in [1.29, 1.82) is 0 Å². The number of unbranched alkanes of at least 4 members (excludes halogenated alkanes) is 1. The van der Waals surface area contributed by atoms with E-state index in [2.05, 4.69) is 0 Å². The molecule has 0 aliphatic heterocycles. The van der Waals surface area contributed by atoms with E-state index < -0.39 is 21.2 Å². The fourth-order valence-corrected chi connectivity index (χ4v) is 4.09. The molecule has 0 aromatic heterocycles. The van der Waals surface area contributed by atoms with Crippen LogP contribution in [0.2, 0.25) is 0 Å². The minimum atomic E-state index is -3.12. The van der Waals surface area contributed by atoms with Crippen molar-refractivity contribution in [3.8, 4) is 0 Å². The summed E-state index contributed by atoms with van der Waals surface area (Å²) in [5.74, 6) is -0.742. The maximum Gasteiger partial charge on any atom is 0.303 e. The smallest absolute Gasteiger partial charge is 0.303 e. The lowest BCUT2D eigenvalue weighted by atomic mass is 10.1. The van der Waals surface area contributed by atoms with Crippen LogP contribution in [-0.4, -0.2) is 44.7 Å². The second-order valence-electron chi connectivity index (χ2n) is 4.86. The normalized spacial score (nSPS) is 17.9. The lowest BCUT2D eigenvalue weighted by molar-refractivity contribution is -0.138. The number of ether oxygens (including phenoxy) is 1. The van der Waals surface area contributed by atoms with Crippen LogP contribution in [0.5, 0.6) is 0 Å². The van der Waals surface area contributed by atoms with Crippen molar-refractivity contribution in [3.63, 3.8) is 0 Å². The van der Waals surface area contributed by atoms with Crippen molar-refractivity contribution < 1.29 is 23.1 Å². The van der Waals surface area contributed by atoms with E-state index in [4.69, 9.17) is 9.84 Å². The molecule has 100 valence electrons. The van der Waals surface area contributed by atoms with Gasteiger partial charge in [-0.05, 0) is 31.1 Å². The number of rotatable bonds is 9. The van der Waals surface area contributed by atoms with Crippen molar-refractivity contribution >= 4 is 15.8 Å². The minimum absolute atomic E-state index is 0.0235. The zero-order valence-electron chi connectivity index (χ0n) is 10.1. The highest BCUT2D eigenvalue weighted by molar-refractivity contribution is 7.91. The van der Waals surface area contributed by atoms with Crippen molar-refractivity contribution in [2.24, 2.45) is 5.41 Å². The van der Waals surface area contributed by atoms with Crippen LogP contribution in [0, 0.1) is 5.41 Å². The topological polar surface area (TPSA) is 80.7 Å². The molecule has 6 heteroatoms. The van der Waals surface area contributed by atoms with Gasteiger partial charge in [-0.3, -0.25) is 4.79 Å². The van der Waals surface area contributed by atoms with Gasteiger partial charge in [0.2, 0.25) is 0 Å². The maximum atomic E-state index is 11.8. The van der Waals surface area contributed by atoms with E-state index in [1.807, 2.05) is 0 Å². The van der Waals surface area contributed by atoms with Crippen LogP contribution in [0.15, 0.2) is 0 Å². The second-order valence-corrected chi connectivity index (χ2v) is 7.05. The van der Waals surface area contributed by atoms with Gasteiger partial charge < -0.3 is 9.84 Å². The Morgan fingerprint density at radius 1 is 1.35 bits per heavy atom. The van der Waals surface area contributed by atoms with Crippen LogP contribution in [0.25, 0.3) is 0 Å². The highest BCUT2D eigenvalue weighted by Gasteiger charge is 2.47. The molecule has 17 heavy (non-hydrogen) atoms. The Hall–Kier alpha value is -0.620. The van der Waals surface area contributed by atoms with Gasteiger partial charge in [0.25, 0.3) is 0 Å².